The maximum atomic E-state index is 14.2. The average Bonchev–Trinajstić information content (AvgIpc) is 3.52. The Balaban J connectivity index is 1.39. The van der Waals surface area contributed by atoms with Gasteiger partial charge in [-0.05, 0) is 79.1 Å². The largest absolute Gasteiger partial charge is 0.416 e. The Morgan fingerprint density at radius 3 is 2.64 bits per heavy atom. The van der Waals surface area contributed by atoms with Crippen molar-refractivity contribution < 1.29 is 22.4 Å². The van der Waals surface area contributed by atoms with Crippen molar-refractivity contribution in [3.63, 3.8) is 0 Å². The number of alkyl halides is 3. The highest BCUT2D eigenvalue weighted by Gasteiger charge is 2.53. The van der Waals surface area contributed by atoms with Gasteiger partial charge < -0.3 is 0 Å². The van der Waals surface area contributed by atoms with Crippen LogP contribution in [0.25, 0.3) is 5.69 Å². The third-order valence-electron chi connectivity index (χ3n) is 7.63. The molecular weight excluding hydrogens is 532 g/mol. The van der Waals surface area contributed by atoms with E-state index in [-0.39, 0.29) is 17.4 Å². The van der Waals surface area contributed by atoms with Gasteiger partial charge in [0.15, 0.2) is 5.78 Å². The number of rotatable bonds is 5. The molecule has 0 amide bonds. The van der Waals surface area contributed by atoms with Crippen LogP contribution in [0.1, 0.15) is 33.7 Å². The summed E-state index contributed by atoms with van der Waals surface area (Å²) >= 11 is 1.49. The molecule has 1 aromatic carbocycles. The van der Waals surface area contributed by atoms with Gasteiger partial charge in [0.25, 0.3) is 0 Å². The smallest absolute Gasteiger partial charge is 0.292 e. The van der Waals surface area contributed by atoms with Crippen LogP contribution in [0.5, 0.6) is 0 Å². The number of piperidine rings is 1. The second-order valence-electron chi connectivity index (χ2n) is 10.1. The Bertz CT molecular complexity index is 1530. The molecule has 39 heavy (non-hydrogen) atoms. The minimum atomic E-state index is -4.58. The first-order chi connectivity index (χ1) is 18.6. The van der Waals surface area contributed by atoms with Gasteiger partial charge in [-0.25, -0.2) is 13.4 Å². The molecule has 1 aliphatic carbocycles. The highest BCUT2D eigenvalue weighted by molar-refractivity contribution is 7.97. The Morgan fingerprint density at radius 1 is 1.13 bits per heavy atom. The Kier molecular flexibility index (Phi) is 6.34. The van der Waals surface area contributed by atoms with Gasteiger partial charge in [-0.1, -0.05) is 0 Å². The van der Waals surface area contributed by atoms with Crippen LogP contribution >= 0.6 is 11.9 Å². The molecule has 2 unspecified atom stereocenters. The molecule has 2 atom stereocenters. The van der Waals surface area contributed by atoms with Gasteiger partial charge in [-0.2, -0.15) is 23.4 Å². The molecule has 0 saturated carbocycles. The van der Waals surface area contributed by atoms with E-state index in [0.717, 1.165) is 34.5 Å². The van der Waals surface area contributed by atoms with Crippen LogP contribution in [-0.2, 0) is 26.1 Å². The first kappa shape index (κ1) is 25.8. The summed E-state index contributed by atoms with van der Waals surface area (Å²) in [7, 11) is 1.82. The van der Waals surface area contributed by atoms with Crippen molar-refractivity contribution in [2.24, 2.45) is 18.4 Å². The number of nitrogens with zero attached hydrogens (tertiary/aromatic N) is 6. The molecule has 1 aliphatic heterocycles. The Morgan fingerprint density at radius 2 is 1.92 bits per heavy atom. The molecule has 0 N–H and O–H groups in total. The van der Waals surface area contributed by atoms with Gasteiger partial charge in [0.2, 0.25) is 0 Å². The monoisotopic (exact) mass is 556 g/mol. The second-order valence-corrected chi connectivity index (χ2v) is 11.3. The fourth-order valence-electron chi connectivity index (χ4n) is 5.74. The van der Waals surface area contributed by atoms with E-state index in [0.29, 0.717) is 38.0 Å². The molecule has 202 valence electrons. The van der Waals surface area contributed by atoms with E-state index in [2.05, 4.69) is 19.5 Å². The molecule has 7 nitrogen and oxygen atoms in total. The average molecular weight is 557 g/mol. The van der Waals surface area contributed by atoms with Gasteiger partial charge in [-0.15, -0.1) is 0 Å². The van der Waals surface area contributed by atoms with Gasteiger partial charge in [0, 0.05) is 38.2 Å². The summed E-state index contributed by atoms with van der Waals surface area (Å²) in [4.78, 5) is 19.2. The molecule has 12 heteroatoms. The number of hydrogen-bond donors (Lipinski definition) is 0. The van der Waals surface area contributed by atoms with E-state index in [4.69, 9.17) is 0 Å². The number of Topliss-reactive ketones (excluding diaryl/α,β-unsaturated/α-hetero) is 1. The van der Waals surface area contributed by atoms with Crippen molar-refractivity contribution in [1.82, 2.24) is 28.9 Å². The van der Waals surface area contributed by atoms with E-state index in [1.54, 1.807) is 33.9 Å². The zero-order chi connectivity index (χ0) is 27.4. The van der Waals surface area contributed by atoms with Crippen molar-refractivity contribution in [2.45, 2.75) is 30.3 Å². The SMILES string of the molecule is Cn1cc(SN2CCC3Cc4c(cnn4-c4ccc(F)cc4)CC3(C(=O)c3cc(C(F)(F)F)ccn3)C2)cn1. The third kappa shape index (κ3) is 4.76. The van der Waals surface area contributed by atoms with E-state index in [9.17, 15) is 22.4 Å². The van der Waals surface area contributed by atoms with Gasteiger partial charge >= 0.3 is 6.18 Å². The highest BCUT2D eigenvalue weighted by Crippen LogP contribution is 2.49. The predicted molar refractivity (Wildman–Crippen MR) is 136 cm³/mol. The summed E-state index contributed by atoms with van der Waals surface area (Å²) in [5.41, 5.74) is 0.420. The quantitative estimate of drug-likeness (QED) is 0.192. The first-order valence-electron chi connectivity index (χ1n) is 12.4. The molecule has 0 bridgehead atoms. The number of aryl methyl sites for hydroxylation is 1. The summed E-state index contributed by atoms with van der Waals surface area (Å²) < 4.78 is 59.6. The lowest BCUT2D eigenvalue weighted by Crippen LogP contribution is -2.55. The lowest BCUT2D eigenvalue weighted by molar-refractivity contribution is -0.137. The van der Waals surface area contributed by atoms with Crippen LogP contribution in [0.4, 0.5) is 17.6 Å². The van der Waals surface area contributed by atoms with Crippen molar-refractivity contribution in [3.05, 3.63) is 89.5 Å². The van der Waals surface area contributed by atoms with Gasteiger partial charge in [0.1, 0.15) is 11.5 Å². The van der Waals surface area contributed by atoms with Crippen molar-refractivity contribution in [2.75, 3.05) is 13.1 Å². The lowest BCUT2D eigenvalue weighted by Gasteiger charge is -2.49. The maximum Gasteiger partial charge on any atom is 0.416 e. The van der Waals surface area contributed by atoms with E-state index in [1.807, 2.05) is 13.2 Å². The van der Waals surface area contributed by atoms with Crippen molar-refractivity contribution in [1.29, 1.82) is 0 Å². The van der Waals surface area contributed by atoms with E-state index < -0.39 is 22.9 Å². The summed E-state index contributed by atoms with van der Waals surface area (Å²) in [6, 6.07) is 7.77. The summed E-state index contributed by atoms with van der Waals surface area (Å²) in [5, 5.41) is 8.76. The van der Waals surface area contributed by atoms with E-state index in [1.165, 1.54) is 24.1 Å². The number of ketones is 1. The molecule has 3 aromatic heterocycles. The normalized spacial score (nSPS) is 21.4. The number of carbonyl (C=O) groups excluding carboxylic acids is 1. The topological polar surface area (TPSA) is 68.8 Å². The highest BCUT2D eigenvalue weighted by atomic mass is 32.2. The molecule has 4 aromatic rings. The number of hydrogen-bond acceptors (Lipinski definition) is 6. The minimum Gasteiger partial charge on any atom is -0.292 e. The second kappa shape index (κ2) is 9.60. The maximum absolute atomic E-state index is 14.2. The van der Waals surface area contributed by atoms with Crippen LogP contribution in [-0.4, -0.2) is 47.7 Å². The summed E-state index contributed by atoms with van der Waals surface area (Å²) in [6.45, 7) is 1.03. The number of aromatic nitrogens is 5. The number of pyridine rings is 1. The van der Waals surface area contributed by atoms with Crippen LogP contribution < -0.4 is 0 Å². The van der Waals surface area contributed by atoms with Crippen LogP contribution in [0.15, 0.2) is 66.1 Å². The first-order valence-corrected chi connectivity index (χ1v) is 13.2. The molecule has 0 spiro atoms. The number of fused-ring (bicyclic) bond motifs is 2. The van der Waals surface area contributed by atoms with Crippen LogP contribution in [0.2, 0.25) is 0 Å². The zero-order valence-corrected chi connectivity index (χ0v) is 21.7. The zero-order valence-electron chi connectivity index (χ0n) is 20.9. The predicted octanol–water partition coefficient (Wildman–Crippen LogP) is 5.16. The van der Waals surface area contributed by atoms with Crippen molar-refractivity contribution >= 4 is 17.7 Å². The minimum absolute atomic E-state index is 0.143. The molecule has 1 saturated heterocycles. The summed E-state index contributed by atoms with van der Waals surface area (Å²) in [5.74, 6) is -0.887. The van der Waals surface area contributed by atoms with E-state index >= 15 is 0 Å². The number of carbonyl (C=O) groups is 1. The molecule has 0 radical (unpaired) electrons. The van der Waals surface area contributed by atoms with Crippen LogP contribution in [0, 0.1) is 17.2 Å². The molecule has 1 fully saturated rings. The molecule has 2 aliphatic rings. The fourth-order valence-corrected chi connectivity index (χ4v) is 6.83. The van der Waals surface area contributed by atoms with Crippen molar-refractivity contribution in [3.8, 4) is 5.69 Å². The fraction of sp³-hybridized carbons (Fsp3) is 0.333. The Hall–Kier alpha value is -3.51. The lowest BCUT2D eigenvalue weighted by atomic mass is 9.60. The molecule has 6 rings (SSSR count). The number of benzene rings is 1. The Labute approximate surface area is 226 Å². The van der Waals surface area contributed by atoms with Gasteiger partial charge in [0.05, 0.1) is 34.0 Å². The number of halogens is 4. The van der Waals surface area contributed by atoms with Gasteiger partial charge in [-0.3, -0.25) is 14.5 Å². The molecule has 4 heterocycles. The van der Waals surface area contributed by atoms with Crippen LogP contribution in [0.3, 0.4) is 0 Å². The molecular formula is C27H24F4N6OS. The third-order valence-corrected chi connectivity index (χ3v) is 8.62. The standard InChI is InChI=1S/C27H24F4N6OS/c1-35-15-22(14-33-35)39-36-9-7-18-11-24-17(13-34-37(24)21-4-2-20(28)3-5-21)12-26(18,16-36)25(38)23-10-19(6-8-32-23)27(29,30)31/h2-6,8,10,13-15,18H,7,9,11-12,16H2,1H3. The summed E-state index contributed by atoms with van der Waals surface area (Å²) in [6.07, 6.45) is 3.28.